The Morgan fingerprint density at radius 1 is 1.19 bits per heavy atom. The molecular weight excluding hydrogens is 334 g/mol. The molecule has 0 bridgehead atoms. The third-order valence-electron chi connectivity index (χ3n) is 4.03. The van der Waals surface area contributed by atoms with Crippen LogP contribution in [0.1, 0.15) is 34.1 Å². The molecule has 0 unspecified atom stereocenters. The van der Waals surface area contributed by atoms with Crippen molar-refractivity contribution in [1.29, 1.82) is 0 Å². The second-order valence-corrected chi connectivity index (χ2v) is 5.94. The number of benzene rings is 1. The highest BCUT2D eigenvalue weighted by molar-refractivity contribution is 5.96. The molecule has 0 aliphatic carbocycles. The smallest absolute Gasteiger partial charge is 0.338 e. The molecule has 3 rings (SSSR count). The summed E-state index contributed by atoms with van der Waals surface area (Å²) >= 11 is 0. The van der Waals surface area contributed by atoms with Crippen molar-refractivity contribution in [3.05, 3.63) is 52.8 Å². The van der Waals surface area contributed by atoms with Crippen LogP contribution in [0, 0.1) is 13.8 Å². The molecule has 134 valence electrons. The van der Waals surface area contributed by atoms with Gasteiger partial charge in [0.15, 0.2) is 5.58 Å². The van der Waals surface area contributed by atoms with Crippen molar-refractivity contribution < 1.29 is 18.8 Å². The standard InChI is InChI=1S/C19H19N3O4/c1-4-25-19(24)13-5-6-20-17(9-13)21-18(23)10-15-14-7-11(2)12(3)8-16(14)26-22-15/h5-9H,4,10H2,1-3H3,(H,20,21,23). The highest BCUT2D eigenvalue weighted by atomic mass is 16.5. The van der Waals surface area contributed by atoms with Gasteiger partial charge in [0.2, 0.25) is 5.91 Å². The molecule has 1 aromatic carbocycles. The Hall–Kier alpha value is -3.22. The monoisotopic (exact) mass is 353 g/mol. The lowest BCUT2D eigenvalue weighted by Gasteiger charge is -2.06. The second kappa shape index (κ2) is 7.35. The third-order valence-corrected chi connectivity index (χ3v) is 4.03. The van der Waals surface area contributed by atoms with Crippen LogP contribution >= 0.6 is 0 Å². The number of pyridine rings is 1. The summed E-state index contributed by atoms with van der Waals surface area (Å²) in [6.45, 7) is 6.00. The Kier molecular flexibility index (Phi) is 4.97. The number of hydrogen-bond acceptors (Lipinski definition) is 6. The van der Waals surface area contributed by atoms with Crippen LogP contribution in [0.4, 0.5) is 5.82 Å². The number of ether oxygens (including phenoxy) is 1. The van der Waals surface area contributed by atoms with Crippen LogP contribution in [0.3, 0.4) is 0 Å². The molecule has 2 heterocycles. The van der Waals surface area contributed by atoms with Crippen LogP contribution in [0.5, 0.6) is 0 Å². The number of fused-ring (bicyclic) bond motifs is 1. The van der Waals surface area contributed by atoms with E-state index in [1.54, 1.807) is 6.92 Å². The van der Waals surface area contributed by atoms with Gasteiger partial charge in [0.05, 0.1) is 18.6 Å². The molecule has 0 aliphatic rings. The molecule has 1 amide bonds. The lowest BCUT2D eigenvalue weighted by Crippen LogP contribution is -2.16. The minimum absolute atomic E-state index is 0.0425. The minimum atomic E-state index is -0.460. The highest BCUT2D eigenvalue weighted by Crippen LogP contribution is 2.23. The van der Waals surface area contributed by atoms with Gasteiger partial charge in [-0.15, -0.1) is 0 Å². The van der Waals surface area contributed by atoms with Gasteiger partial charge in [-0.3, -0.25) is 4.79 Å². The van der Waals surface area contributed by atoms with E-state index in [2.05, 4.69) is 15.5 Å². The summed E-state index contributed by atoms with van der Waals surface area (Å²) in [5.74, 6) is -0.481. The van der Waals surface area contributed by atoms with Crippen molar-refractivity contribution in [3.8, 4) is 0 Å². The molecule has 0 aliphatic heterocycles. The van der Waals surface area contributed by atoms with E-state index in [1.165, 1.54) is 18.3 Å². The maximum atomic E-state index is 12.3. The van der Waals surface area contributed by atoms with Crippen molar-refractivity contribution in [1.82, 2.24) is 10.1 Å². The van der Waals surface area contributed by atoms with Gasteiger partial charge in [-0.2, -0.15) is 0 Å². The summed E-state index contributed by atoms with van der Waals surface area (Å²) < 4.78 is 10.2. The van der Waals surface area contributed by atoms with Crippen LogP contribution < -0.4 is 5.32 Å². The molecular formula is C19H19N3O4. The van der Waals surface area contributed by atoms with Crippen molar-refractivity contribution in [2.45, 2.75) is 27.2 Å². The summed E-state index contributed by atoms with van der Waals surface area (Å²) in [5, 5.41) is 7.48. The van der Waals surface area contributed by atoms with Gasteiger partial charge < -0.3 is 14.6 Å². The highest BCUT2D eigenvalue weighted by Gasteiger charge is 2.15. The Balaban J connectivity index is 1.74. The Morgan fingerprint density at radius 3 is 2.73 bits per heavy atom. The zero-order valence-corrected chi connectivity index (χ0v) is 14.8. The van der Waals surface area contributed by atoms with E-state index >= 15 is 0 Å². The van der Waals surface area contributed by atoms with E-state index in [4.69, 9.17) is 9.26 Å². The number of nitrogens with one attached hydrogen (secondary N) is 1. The topological polar surface area (TPSA) is 94.3 Å². The minimum Gasteiger partial charge on any atom is -0.462 e. The molecule has 0 spiro atoms. The third kappa shape index (κ3) is 3.72. The fraction of sp³-hybridized carbons (Fsp3) is 0.263. The van der Waals surface area contributed by atoms with Crippen LogP contribution in [-0.4, -0.2) is 28.6 Å². The number of carbonyl (C=O) groups excluding carboxylic acids is 2. The van der Waals surface area contributed by atoms with E-state index < -0.39 is 5.97 Å². The number of rotatable bonds is 5. The van der Waals surface area contributed by atoms with Gasteiger partial charge in [-0.05, 0) is 56.2 Å². The first-order valence-electron chi connectivity index (χ1n) is 8.26. The molecule has 0 saturated carbocycles. The molecule has 0 saturated heterocycles. The predicted molar refractivity (Wildman–Crippen MR) is 96.0 cm³/mol. The normalized spacial score (nSPS) is 10.7. The SMILES string of the molecule is CCOC(=O)c1ccnc(NC(=O)Cc2noc3cc(C)c(C)cc23)c1. The van der Waals surface area contributed by atoms with E-state index in [9.17, 15) is 9.59 Å². The summed E-state index contributed by atoms with van der Waals surface area (Å²) in [7, 11) is 0. The fourth-order valence-electron chi connectivity index (χ4n) is 2.55. The first kappa shape index (κ1) is 17.6. The number of esters is 1. The van der Waals surface area contributed by atoms with Crippen LogP contribution in [-0.2, 0) is 16.0 Å². The first-order chi connectivity index (χ1) is 12.5. The van der Waals surface area contributed by atoms with E-state index in [1.807, 2.05) is 26.0 Å². The van der Waals surface area contributed by atoms with Gasteiger partial charge in [0.1, 0.15) is 11.5 Å². The number of aromatic nitrogens is 2. The van der Waals surface area contributed by atoms with Gasteiger partial charge in [-0.1, -0.05) is 5.16 Å². The molecule has 7 nitrogen and oxygen atoms in total. The van der Waals surface area contributed by atoms with E-state index in [0.717, 1.165) is 16.5 Å². The zero-order valence-electron chi connectivity index (χ0n) is 14.8. The number of carbonyl (C=O) groups is 2. The summed E-state index contributed by atoms with van der Waals surface area (Å²) in [5.41, 5.74) is 3.74. The van der Waals surface area contributed by atoms with Gasteiger partial charge in [0.25, 0.3) is 0 Å². The van der Waals surface area contributed by atoms with Crippen LogP contribution in [0.25, 0.3) is 11.0 Å². The van der Waals surface area contributed by atoms with Gasteiger partial charge in [0, 0.05) is 11.6 Å². The zero-order chi connectivity index (χ0) is 18.7. The van der Waals surface area contributed by atoms with Gasteiger partial charge in [-0.25, -0.2) is 9.78 Å². The Morgan fingerprint density at radius 2 is 1.96 bits per heavy atom. The number of amides is 1. The number of nitrogens with zero attached hydrogens (tertiary/aromatic N) is 2. The predicted octanol–water partition coefficient (Wildman–Crippen LogP) is 3.20. The van der Waals surface area contributed by atoms with Crippen LogP contribution in [0.2, 0.25) is 0 Å². The molecule has 0 fully saturated rings. The van der Waals surface area contributed by atoms with Crippen molar-refractivity contribution in [3.63, 3.8) is 0 Å². The summed E-state index contributed by atoms with van der Waals surface area (Å²) in [6.07, 6.45) is 1.49. The molecule has 7 heteroatoms. The largest absolute Gasteiger partial charge is 0.462 e. The quantitative estimate of drug-likeness (QED) is 0.708. The number of anilines is 1. The van der Waals surface area contributed by atoms with Crippen molar-refractivity contribution >= 4 is 28.7 Å². The maximum Gasteiger partial charge on any atom is 0.338 e. The lowest BCUT2D eigenvalue weighted by molar-refractivity contribution is -0.115. The molecule has 1 N–H and O–H groups in total. The number of aryl methyl sites for hydroxylation is 2. The molecule has 3 aromatic rings. The first-order valence-corrected chi connectivity index (χ1v) is 8.26. The summed E-state index contributed by atoms with van der Waals surface area (Å²) in [6, 6.07) is 6.88. The molecule has 0 atom stereocenters. The second-order valence-electron chi connectivity index (χ2n) is 5.94. The van der Waals surface area contributed by atoms with E-state index in [0.29, 0.717) is 16.8 Å². The van der Waals surface area contributed by atoms with Crippen molar-refractivity contribution in [2.24, 2.45) is 0 Å². The maximum absolute atomic E-state index is 12.3. The molecule has 26 heavy (non-hydrogen) atoms. The van der Waals surface area contributed by atoms with E-state index in [-0.39, 0.29) is 24.8 Å². The molecule has 2 aromatic heterocycles. The van der Waals surface area contributed by atoms with Crippen LogP contribution in [0.15, 0.2) is 35.0 Å². The van der Waals surface area contributed by atoms with Gasteiger partial charge >= 0.3 is 5.97 Å². The Bertz CT molecular complexity index is 978. The molecule has 0 radical (unpaired) electrons. The summed E-state index contributed by atoms with van der Waals surface area (Å²) in [4.78, 5) is 28.1. The lowest BCUT2D eigenvalue weighted by atomic mass is 10.1. The van der Waals surface area contributed by atoms with Crippen molar-refractivity contribution in [2.75, 3.05) is 11.9 Å². The fourth-order valence-corrected chi connectivity index (χ4v) is 2.55. The number of hydrogen-bond donors (Lipinski definition) is 1. The average Bonchev–Trinajstić information content (AvgIpc) is 2.97. The Labute approximate surface area is 150 Å². The average molecular weight is 353 g/mol.